The molecule has 0 saturated heterocycles. The number of ether oxygens (including phenoxy) is 1. The molecule has 0 amide bonds. The summed E-state index contributed by atoms with van der Waals surface area (Å²) in [6, 6.07) is 43.8. The van der Waals surface area contributed by atoms with Crippen molar-refractivity contribution in [3.8, 4) is 5.75 Å². The van der Waals surface area contributed by atoms with Crippen molar-refractivity contribution in [3.63, 3.8) is 0 Å². The predicted octanol–water partition coefficient (Wildman–Crippen LogP) is 8.09. The van der Waals surface area contributed by atoms with Crippen molar-refractivity contribution in [1.29, 1.82) is 0 Å². The summed E-state index contributed by atoms with van der Waals surface area (Å²) in [5.41, 5.74) is 1.09. The largest absolute Gasteiger partial charge is 0.497 e. The number of hydrogen-bond acceptors (Lipinski definition) is 4. The molecule has 5 aromatic carbocycles. The topological polar surface area (TPSA) is 38.7 Å². The maximum absolute atomic E-state index is 13.7. The van der Waals surface area contributed by atoms with Crippen molar-refractivity contribution >= 4 is 57.1 Å². The molecule has 5 rings (SSSR count). The van der Waals surface area contributed by atoms with Gasteiger partial charge in [0.15, 0.2) is 0 Å². The number of rotatable bonds is 7. The fraction of sp³-hybridized carbons (Fsp3) is 0.0312. The molecule has 0 N–H and O–H groups in total. The van der Waals surface area contributed by atoms with Crippen LogP contribution in [0.15, 0.2) is 143 Å². The molecule has 3 nitrogen and oxygen atoms in total. The summed E-state index contributed by atoms with van der Waals surface area (Å²) in [7, 11) is -0.926. The number of hydrogen-bond donors (Lipinski definition) is 0. The van der Waals surface area contributed by atoms with Gasteiger partial charge < -0.3 is 4.74 Å². The van der Waals surface area contributed by atoms with Crippen LogP contribution >= 0.6 is 30.4 Å². The molecule has 0 aliphatic carbocycles. The van der Waals surface area contributed by atoms with Crippen LogP contribution in [0.5, 0.6) is 5.75 Å². The maximum atomic E-state index is 13.7. The molecule has 0 aliphatic heterocycles. The van der Waals surface area contributed by atoms with Gasteiger partial charge in [0.25, 0.3) is 0 Å². The van der Waals surface area contributed by atoms with Gasteiger partial charge in [-0.15, -0.1) is 0 Å². The van der Waals surface area contributed by atoms with Crippen molar-refractivity contribution in [2.75, 3.05) is 7.11 Å². The molecule has 188 valence electrons. The van der Waals surface area contributed by atoms with Crippen molar-refractivity contribution in [1.82, 2.24) is 0 Å². The third-order valence-electron chi connectivity index (χ3n) is 6.10. The van der Waals surface area contributed by atoms with Crippen LogP contribution in [0.1, 0.15) is 10.4 Å². The number of benzene rings is 5. The first-order valence-corrected chi connectivity index (χ1v) is 15.0. The Hall–Kier alpha value is -3.56. The number of thioether (sulfide) groups is 1. The lowest BCUT2D eigenvalue weighted by Crippen LogP contribution is -2.25. The Morgan fingerprint density at radius 1 is 0.711 bits per heavy atom. The predicted molar refractivity (Wildman–Crippen MR) is 162 cm³/mol. The van der Waals surface area contributed by atoms with E-state index in [9.17, 15) is 4.79 Å². The third-order valence-corrected chi connectivity index (χ3v) is 10.9. The number of carbonyl (C=O) groups excluding carboxylic acids is 1. The first kappa shape index (κ1) is 26.1. The van der Waals surface area contributed by atoms with Crippen molar-refractivity contribution in [3.05, 3.63) is 144 Å². The smallest absolute Gasteiger partial charge is 0.226 e. The van der Waals surface area contributed by atoms with Crippen LogP contribution in [0.3, 0.4) is 0 Å². The first-order valence-electron chi connectivity index (χ1n) is 12.0. The standard InChI is InChI=1S/C32H25ClNO2PS/c1-36-25-18-20-29(21-19-25)38-32(35)30-23-24(33)17-22-31(30)34-37(26-11-5-2-6-12-26,27-13-7-3-8-14-27)28-15-9-4-10-16-28/h2-23H,1H3. The van der Waals surface area contributed by atoms with Crippen LogP contribution < -0.4 is 20.7 Å². The van der Waals surface area contributed by atoms with E-state index in [0.29, 0.717) is 16.3 Å². The molecule has 5 aromatic rings. The van der Waals surface area contributed by atoms with E-state index in [0.717, 1.165) is 38.3 Å². The zero-order chi connectivity index (χ0) is 26.4. The molecule has 0 heterocycles. The molecule has 0 bridgehead atoms. The lowest BCUT2D eigenvalue weighted by Gasteiger charge is -2.27. The Morgan fingerprint density at radius 3 is 1.68 bits per heavy atom. The molecule has 0 atom stereocenters. The monoisotopic (exact) mass is 553 g/mol. The van der Waals surface area contributed by atoms with Crippen LogP contribution in [-0.2, 0) is 0 Å². The van der Waals surface area contributed by atoms with Crippen molar-refractivity contribution in [2.24, 2.45) is 4.74 Å². The number of halogens is 1. The second kappa shape index (κ2) is 11.9. The fourth-order valence-electron chi connectivity index (χ4n) is 4.28. The summed E-state index contributed by atoms with van der Waals surface area (Å²) in [5, 5.41) is 3.69. The highest BCUT2D eigenvalue weighted by molar-refractivity contribution is 8.14. The van der Waals surface area contributed by atoms with E-state index in [1.807, 2.05) is 84.9 Å². The first-order chi connectivity index (χ1) is 18.6. The van der Waals surface area contributed by atoms with Gasteiger partial charge in [0.2, 0.25) is 5.12 Å². The molecule has 0 unspecified atom stereocenters. The second-order valence-electron chi connectivity index (χ2n) is 8.47. The summed E-state index contributed by atoms with van der Waals surface area (Å²) >= 11 is 7.57. The van der Waals surface area contributed by atoms with Crippen LogP contribution in [0, 0.1) is 0 Å². The average molecular weight is 554 g/mol. The molecule has 0 radical (unpaired) electrons. The fourth-order valence-corrected chi connectivity index (χ4v) is 8.76. The van der Waals surface area contributed by atoms with Crippen LogP contribution in [0.4, 0.5) is 5.69 Å². The Balaban J connectivity index is 1.74. The molecule has 0 aromatic heterocycles. The van der Waals surface area contributed by atoms with Crippen molar-refractivity contribution < 1.29 is 9.53 Å². The minimum absolute atomic E-state index is 0.122. The molecule has 0 aliphatic rings. The highest BCUT2D eigenvalue weighted by Crippen LogP contribution is 2.50. The molecular formula is C32H25ClNO2PS. The van der Waals surface area contributed by atoms with E-state index < -0.39 is 7.05 Å². The summed E-state index contributed by atoms with van der Waals surface area (Å²) < 4.78 is 10.8. The van der Waals surface area contributed by atoms with E-state index in [-0.39, 0.29) is 5.12 Å². The SMILES string of the molecule is COc1ccc(SC(=O)c2cc(Cl)ccc2N=P(c2ccccc2)(c2ccccc2)c2ccccc2)cc1. The van der Waals surface area contributed by atoms with Gasteiger partial charge in [-0.3, -0.25) is 9.54 Å². The third kappa shape index (κ3) is 5.49. The molecule has 0 saturated carbocycles. The summed E-state index contributed by atoms with van der Waals surface area (Å²) in [4.78, 5) is 14.5. The van der Waals surface area contributed by atoms with Gasteiger partial charge >= 0.3 is 0 Å². The van der Waals surface area contributed by atoms with Gasteiger partial charge in [0, 0.05) is 25.8 Å². The lowest BCUT2D eigenvalue weighted by atomic mass is 10.2. The zero-order valence-corrected chi connectivity index (χ0v) is 23.2. The average Bonchev–Trinajstić information content (AvgIpc) is 2.98. The van der Waals surface area contributed by atoms with Crippen LogP contribution in [0.2, 0.25) is 5.02 Å². The number of methoxy groups -OCH3 is 1. The van der Waals surface area contributed by atoms with Gasteiger partial charge in [0.1, 0.15) is 5.75 Å². The molecule has 6 heteroatoms. The van der Waals surface area contributed by atoms with E-state index in [1.54, 1.807) is 19.2 Å². The Kier molecular flexibility index (Phi) is 8.14. The van der Waals surface area contributed by atoms with E-state index >= 15 is 0 Å². The quantitative estimate of drug-likeness (QED) is 0.151. The lowest BCUT2D eigenvalue weighted by molar-refractivity contribution is 0.108. The second-order valence-corrected chi connectivity index (χ2v) is 13.0. The van der Waals surface area contributed by atoms with Crippen LogP contribution in [0.25, 0.3) is 0 Å². The minimum Gasteiger partial charge on any atom is -0.497 e. The molecule has 0 fully saturated rings. The summed E-state index contributed by atoms with van der Waals surface area (Å²) in [6.45, 7) is 0. The zero-order valence-electron chi connectivity index (χ0n) is 20.7. The van der Waals surface area contributed by atoms with E-state index in [4.69, 9.17) is 21.1 Å². The number of nitrogens with zero attached hydrogens (tertiary/aromatic N) is 1. The normalized spacial score (nSPS) is 11.1. The van der Waals surface area contributed by atoms with Gasteiger partial charge in [-0.2, -0.15) is 0 Å². The van der Waals surface area contributed by atoms with E-state index in [2.05, 4.69) is 36.4 Å². The van der Waals surface area contributed by atoms with Gasteiger partial charge in [0.05, 0.1) is 25.4 Å². The van der Waals surface area contributed by atoms with Gasteiger partial charge in [-0.1, -0.05) is 103 Å². The summed E-state index contributed by atoms with van der Waals surface area (Å²) in [5.74, 6) is 0.739. The van der Waals surface area contributed by atoms with Crippen molar-refractivity contribution in [2.45, 2.75) is 4.90 Å². The van der Waals surface area contributed by atoms with Gasteiger partial charge in [-0.05, 0) is 54.2 Å². The molecule has 38 heavy (non-hydrogen) atoms. The highest BCUT2D eigenvalue weighted by atomic mass is 35.5. The summed E-state index contributed by atoms with van der Waals surface area (Å²) in [6.07, 6.45) is 0. The van der Waals surface area contributed by atoms with Crippen LogP contribution in [-0.4, -0.2) is 12.2 Å². The van der Waals surface area contributed by atoms with Gasteiger partial charge in [-0.25, -0.2) is 0 Å². The Morgan fingerprint density at radius 2 is 1.21 bits per heavy atom. The number of carbonyl (C=O) groups is 1. The molecular weight excluding hydrogens is 529 g/mol. The Bertz CT molecular complexity index is 1490. The Labute approximate surface area is 232 Å². The maximum Gasteiger partial charge on any atom is 0.226 e. The molecule has 0 spiro atoms. The van der Waals surface area contributed by atoms with E-state index in [1.165, 1.54) is 0 Å². The minimum atomic E-state index is -2.55. The highest BCUT2D eigenvalue weighted by Gasteiger charge is 2.28.